The van der Waals surface area contributed by atoms with Crippen LogP contribution in [0.3, 0.4) is 0 Å². The van der Waals surface area contributed by atoms with Gasteiger partial charge in [0.05, 0.1) is 0 Å². The monoisotopic (exact) mass is 257 g/mol. The highest BCUT2D eigenvalue weighted by molar-refractivity contribution is 5.60. The predicted molar refractivity (Wildman–Crippen MR) is 78.7 cm³/mol. The van der Waals surface area contributed by atoms with E-state index in [1.165, 1.54) is 0 Å². The fourth-order valence-electron chi connectivity index (χ4n) is 1.72. The molecule has 1 aromatic carbocycles. The Hall–Kier alpha value is -2.14. The van der Waals surface area contributed by atoms with Crippen LogP contribution in [-0.2, 0) is 0 Å². The zero-order chi connectivity index (χ0) is 13.5. The topological polar surface area (TPSA) is 75.9 Å². The van der Waals surface area contributed by atoms with Crippen molar-refractivity contribution in [2.75, 3.05) is 17.3 Å². The average molecular weight is 257 g/mol. The summed E-state index contributed by atoms with van der Waals surface area (Å²) < 4.78 is 0. The lowest BCUT2D eigenvalue weighted by atomic mass is 10.2. The van der Waals surface area contributed by atoms with Crippen molar-refractivity contribution in [3.8, 4) is 11.4 Å². The lowest BCUT2D eigenvalue weighted by Crippen LogP contribution is -2.11. The van der Waals surface area contributed by atoms with Crippen LogP contribution >= 0.6 is 0 Å². The van der Waals surface area contributed by atoms with Crippen molar-refractivity contribution >= 4 is 11.6 Å². The van der Waals surface area contributed by atoms with E-state index >= 15 is 0 Å². The number of nitrogen functional groups attached to an aromatic ring is 1. The second kappa shape index (κ2) is 6.70. The smallest absolute Gasteiger partial charge is 0.163 e. The molecule has 5 nitrogen and oxygen atoms in total. The van der Waals surface area contributed by atoms with Gasteiger partial charge in [0.2, 0.25) is 0 Å². The van der Waals surface area contributed by atoms with Crippen LogP contribution in [0, 0.1) is 0 Å². The molecule has 1 aromatic heterocycles. The summed E-state index contributed by atoms with van der Waals surface area (Å²) >= 11 is 0. The maximum Gasteiger partial charge on any atom is 0.163 e. The van der Waals surface area contributed by atoms with Gasteiger partial charge in [-0.15, -0.1) is 0 Å². The first-order valence-electron chi connectivity index (χ1n) is 6.48. The largest absolute Gasteiger partial charge is 0.370 e. The molecule has 2 aromatic rings. The van der Waals surface area contributed by atoms with E-state index in [0.29, 0.717) is 11.6 Å². The summed E-state index contributed by atoms with van der Waals surface area (Å²) in [5.74, 6) is 7.51. The number of benzene rings is 1. The Bertz CT molecular complexity index is 512. The van der Waals surface area contributed by atoms with E-state index in [0.717, 1.165) is 30.8 Å². The standard InChI is InChI=1S/C14H19N5/c1-2-3-9-16-12-10-13(19-15)18-14(17-12)11-7-5-4-6-8-11/h4-8,10H,2-3,9,15H2,1H3,(H2,16,17,18,19). The fraction of sp³-hybridized carbons (Fsp3) is 0.286. The van der Waals surface area contributed by atoms with Gasteiger partial charge in [0.25, 0.3) is 0 Å². The zero-order valence-corrected chi connectivity index (χ0v) is 11.1. The first-order chi connectivity index (χ1) is 9.33. The average Bonchev–Trinajstić information content (AvgIpc) is 2.48. The molecule has 0 aliphatic carbocycles. The van der Waals surface area contributed by atoms with Crippen molar-refractivity contribution in [1.82, 2.24) is 9.97 Å². The summed E-state index contributed by atoms with van der Waals surface area (Å²) in [6.07, 6.45) is 2.25. The van der Waals surface area contributed by atoms with Crippen molar-refractivity contribution in [3.05, 3.63) is 36.4 Å². The normalized spacial score (nSPS) is 10.2. The van der Waals surface area contributed by atoms with Crippen molar-refractivity contribution < 1.29 is 0 Å². The van der Waals surface area contributed by atoms with Crippen LogP contribution in [0.1, 0.15) is 19.8 Å². The minimum Gasteiger partial charge on any atom is -0.370 e. The Morgan fingerprint density at radius 2 is 1.84 bits per heavy atom. The van der Waals surface area contributed by atoms with Crippen LogP contribution in [0.15, 0.2) is 36.4 Å². The molecule has 0 saturated carbocycles. The number of unbranched alkanes of at least 4 members (excludes halogenated alkanes) is 1. The van der Waals surface area contributed by atoms with Gasteiger partial charge in [-0.05, 0) is 6.42 Å². The number of anilines is 2. The molecular formula is C14H19N5. The molecule has 0 unspecified atom stereocenters. The fourth-order valence-corrected chi connectivity index (χ4v) is 1.72. The summed E-state index contributed by atoms with van der Waals surface area (Å²) in [6.45, 7) is 3.05. The van der Waals surface area contributed by atoms with Crippen molar-refractivity contribution in [1.29, 1.82) is 0 Å². The van der Waals surface area contributed by atoms with Crippen LogP contribution in [0.2, 0.25) is 0 Å². The van der Waals surface area contributed by atoms with Gasteiger partial charge in [0.15, 0.2) is 5.82 Å². The summed E-state index contributed by atoms with van der Waals surface area (Å²) in [4.78, 5) is 8.87. The second-order valence-corrected chi connectivity index (χ2v) is 4.25. The van der Waals surface area contributed by atoms with E-state index in [2.05, 4.69) is 27.6 Å². The molecule has 2 rings (SSSR count). The van der Waals surface area contributed by atoms with E-state index in [1.54, 1.807) is 0 Å². The minimum atomic E-state index is 0.604. The van der Waals surface area contributed by atoms with E-state index in [1.807, 2.05) is 36.4 Å². The van der Waals surface area contributed by atoms with Gasteiger partial charge < -0.3 is 10.7 Å². The number of nitrogens with zero attached hydrogens (tertiary/aromatic N) is 2. The molecule has 5 heteroatoms. The summed E-state index contributed by atoms with van der Waals surface area (Å²) in [5.41, 5.74) is 3.55. The number of nitrogens with two attached hydrogens (primary N) is 1. The van der Waals surface area contributed by atoms with E-state index in [-0.39, 0.29) is 0 Å². The molecule has 0 atom stereocenters. The maximum atomic E-state index is 5.45. The number of rotatable bonds is 6. The van der Waals surface area contributed by atoms with Gasteiger partial charge in [-0.1, -0.05) is 43.7 Å². The summed E-state index contributed by atoms with van der Waals surface area (Å²) in [5, 5.41) is 3.28. The molecule has 1 heterocycles. The molecule has 0 fully saturated rings. The lowest BCUT2D eigenvalue weighted by molar-refractivity contribution is 0.830. The Balaban J connectivity index is 2.26. The molecule has 100 valence electrons. The van der Waals surface area contributed by atoms with Crippen LogP contribution in [0.5, 0.6) is 0 Å². The van der Waals surface area contributed by atoms with Crippen LogP contribution < -0.4 is 16.6 Å². The van der Waals surface area contributed by atoms with E-state index < -0.39 is 0 Å². The first kappa shape index (κ1) is 13.3. The molecule has 0 spiro atoms. The number of hydrogen-bond acceptors (Lipinski definition) is 5. The van der Waals surface area contributed by atoms with Crippen LogP contribution in [-0.4, -0.2) is 16.5 Å². The zero-order valence-electron chi connectivity index (χ0n) is 11.1. The van der Waals surface area contributed by atoms with Gasteiger partial charge in [-0.2, -0.15) is 0 Å². The molecule has 4 N–H and O–H groups in total. The summed E-state index contributed by atoms with van der Waals surface area (Å²) in [6, 6.07) is 11.7. The molecule has 0 aliphatic rings. The molecule has 19 heavy (non-hydrogen) atoms. The van der Waals surface area contributed by atoms with E-state index in [9.17, 15) is 0 Å². The molecule has 0 bridgehead atoms. The number of hydrazine groups is 1. The Morgan fingerprint density at radius 3 is 2.53 bits per heavy atom. The van der Waals surface area contributed by atoms with Crippen LogP contribution in [0.25, 0.3) is 11.4 Å². The quantitative estimate of drug-likeness (QED) is 0.421. The van der Waals surface area contributed by atoms with Gasteiger partial charge in [-0.3, -0.25) is 0 Å². The van der Waals surface area contributed by atoms with Crippen molar-refractivity contribution in [2.45, 2.75) is 19.8 Å². The number of nitrogens with one attached hydrogen (secondary N) is 2. The van der Waals surface area contributed by atoms with Gasteiger partial charge in [0.1, 0.15) is 11.6 Å². The molecule has 0 saturated heterocycles. The molecule has 0 aliphatic heterocycles. The Morgan fingerprint density at radius 1 is 1.11 bits per heavy atom. The molecular weight excluding hydrogens is 238 g/mol. The second-order valence-electron chi connectivity index (χ2n) is 4.25. The maximum absolute atomic E-state index is 5.45. The Labute approximate surface area is 113 Å². The summed E-state index contributed by atoms with van der Waals surface area (Å²) in [7, 11) is 0. The lowest BCUT2D eigenvalue weighted by Gasteiger charge is -2.09. The molecule has 0 amide bonds. The first-order valence-corrected chi connectivity index (χ1v) is 6.48. The van der Waals surface area contributed by atoms with E-state index in [4.69, 9.17) is 5.84 Å². The minimum absolute atomic E-state index is 0.604. The predicted octanol–water partition coefficient (Wildman–Crippen LogP) is 2.64. The third kappa shape index (κ3) is 3.66. The third-order valence-electron chi connectivity index (χ3n) is 2.74. The third-order valence-corrected chi connectivity index (χ3v) is 2.74. The highest BCUT2D eigenvalue weighted by Gasteiger charge is 2.05. The van der Waals surface area contributed by atoms with Crippen molar-refractivity contribution in [3.63, 3.8) is 0 Å². The van der Waals surface area contributed by atoms with Crippen molar-refractivity contribution in [2.24, 2.45) is 5.84 Å². The van der Waals surface area contributed by atoms with Gasteiger partial charge in [-0.25, -0.2) is 15.8 Å². The number of hydrogen-bond donors (Lipinski definition) is 3. The van der Waals surface area contributed by atoms with Crippen LogP contribution in [0.4, 0.5) is 11.6 Å². The highest BCUT2D eigenvalue weighted by Crippen LogP contribution is 2.19. The number of aromatic nitrogens is 2. The Kier molecular flexibility index (Phi) is 4.69. The molecule has 0 radical (unpaired) electrons. The highest BCUT2D eigenvalue weighted by atomic mass is 15.3. The van der Waals surface area contributed by atoms with Gasteiger partial charge >= 0.3 is 0 Å². The van der Waals surface area contributed by atoms with Gasteiger partial charge in [0, 0.05) is 18.2 Å². The SMILES string of the molecule is CCCCNc1cc(NN)nc(-c2ccccc2)n1.